The third-order valence-electron chi connectivity index (χ3n) is 4.27. The van der Waals surface area contributed by atoms with Crippen molar-refractivity contribution in [2.24, 2.45) is 0 Å². The summed E-state index contributed by atoms with van der Waals surface area (Å²) in [5, 5.41) is 2.89. The fourth-order valence-electron chi connectivity index (χ4n) is 2.76. The lowest BCUT2D eigenvalue weighted by atomic mass is 10.1. The summed E-state index contributed by atoms with van der Waals surface area (Å²) in [5.41, 5.74) is 2.55. The summed E-state index contributed by atoms with van der Waals surface area (Å²) in [4.78, 5) is 12.1. The van der Waals surface area contributed by atoms with Crippen LogP contribution >= 0.6 is 0 Å². The largest absolute Gasteiger partial charge is 0.489 e. The van der Waals surface area contributed by atoms with Gasteiger partial charge in [0.2, 0.25) is 5.91 Å². The highest BCUT2D eigenvalue weighted by atomic mass is 19.1. The summed E-state index contributed by atoms with van der Waals surface area (Å²) in [5.74, 6) is 0.358. The Morgan fingerprint density at radius 3 is 2.30 bits per heavy atom. The quantitative estimate of drug-likeness (QED) is 0.632. The summed E-state index contributed by atoms with van der Waals surface area (Å²) in [7, 11) is 0. The van der Waals surface area contributed by atoms with Gasteiger partial charge >= 0.3 is 0 Å². The van der Waals surface area contributed by atoms with Gasteiger partial charge in [-0.2, -0.15) is 0 Å². The Morgan fingerprint density at radius 1 is 0.852 bits per heavy atom. The molecule has 0 saturated carbocycles. The van der Waals surface area contributed by atoms with Gasteiger partial charge in [-0.05, 0) is 29.7 Å². The van der Waals surface area contributed by atoms with E-state index in [1.54, 1.807) is 18.2 Å². The van der Waals surface area contributed by atoms with Crippen molar-refractivity contribution in [2.75, 3.05) is 0 Å². The Kier molecular flexibility index (Phi) is 6.58. The van der Waals surface area contributed by atoms with Gasteiger partial charge in [-0.25, -0.2) is 4.39 Å². The van der Waals surface area contributed by atoms with Gasteiger partial charge in [-0.1, -0.05) is 66.7 Å². The van der Waals surface area contributed by atoms with Crippen molar-refractivity contribution >= 4 is 5.91 Å². The number of hydrogen-bond donors (Lipinski definition) is 1. The van der Waals surface area contributed by atoms with Gasteiger partial charge in [0.05, 0.1) is 0 Å². The molecule has 1 amide bonds. The fourth-order valence-corrected chi connectivity index (χ4v) is 2.76. The summed E-state index contributed by atoms with van der Waals surface area (Å²) in [6.07, 6.45) is 0.624. The van der Waals surface area contributed by atoms with Crippen LogP contribution in [0, 0.1) is 5.82 Å². The standard InChI is InChI=1S/C23H22FNO2/c24-21-12-6-4-10-19(21)14-15-23(26)25-16-20-11-5-7-13-22(20)27-17-18-8-2-1-3-9-18/h1-13H,14-17H2,(H,25,26). The predicted octanol–water partition coefficient (Wildman–Crippen LogP) is 4.65. The van der Waals surface area contributed by atoms with Gasteiger partial charge in [0.15, 0.2) is 0 Å². The number of rotatable bonds is 8. The third kappa shape index (κ3) is 5.68. The Labute approximate surface area is 158 Å². The van der Waals surface area contributed by atoms with Crippen molar-refractivity contribution < 1.29 is 13.9 Å². The molecule has 4 heteroatoms. The maximum Gasteiger partial charge on any atom is 0.220 e. The smallest absolute Gasteiger partial charge is 0.220 e. The van der Waals surface area contributed by atoms with Crippen molar-refractivity contribution in [2.45, 2.75) is 26.0 Å². The zero-order valence-electron chi connectivity index (χ0n) is 15.0. The molecule has 0 aliphatic rings. The lowest BCUT2D eigenvalue weighted by molar-refractivity contribution is -0.121. The number of ether oxygens (including phenoxy) is 1. The van der Waals surface area contributed by atoms with Crippen molar-refractivity contribution in [3.63, 3.8) is 0 Å². The number of para-hydroxylation sites is 1. The molecule has 27 heavy (non-hydrogen) atoms. The third-order valence-corrected chi connectivity index (χ3v) is 4.27. The van der Waals surface area contributed by atoms with Gasteiger partial charge in [-0.3, -0.25) is 4.79 Å². The Balaban J connectivity index is 1.51. The molecule has 0 aliphatic heterocycles. The van der Waals surface area contributed by atoms with E-state index in [1.165, 1.54) is 6.07 Å². The lowest BCUT2D eigenvalue weighted by Gasteiger charge is -2.12. The topological polar surface area (TPSA) is 38.3 Å². The molecule has 0 saturated heterocycles. The average molecular weight is 363 g/mol. The predicted molar refractivity (Wildman–Crippen MR) is 104 cm³/mol. The molecule has 0 aliphatic carbocycles. The van der Waals surface area contributed by atoms with Crippen LogP contribution in [0.1, 0.15) is 23.1 Å². The molecule has 3 rings (SSSR count). The molecule has 0 atom stereocenters. The normalized spacial score (nSPS) is 10.4. The minimum absolute atomic E-state index is 0.115. The van der Waals surface area contributed by atoms with E-state index in [1.807, 2.05) is 54.6 Å². The maximum atomic E-state index is 13.6. The van der Waals surface area contributed by atoms with Crippen LogP contribution < -0.4 is 10.1 Å². The van der Waals surface area contributed by atoms with Gasteiger partial charge in [-0.15, -0.1) is 0 Å². The van der Waals surface area contributed by atoms with E-state index in [0.29, 0.717) is 25.1 Å². The monoisotopic (exact) mass is 363 g/mol. The molecular formula is C23H22FNO2. The zero-order valence-corrected chi connectivity index (χ0v) is 15.0. The Morgan fingerprint density at radius 2 is 1.52 bits per heavy atom. The molecule has 0 heterocycles. The van der Waals surface area contributed by atoms with E-state index in [9.17, 15) is 9.18 Å². The fraction of sp³-hybridized carbons (Fsp3) is 0.174. The van der Waals surface area contributed by atoms with E-state index >= 15 is 0 Å². The molecule has 138 valence electrons. The van der Waals surface area contributed by atoms with Gasteiger partial charge in [0.1, 0.15) is 18.2 Å². The van der Waals surface area contributed by atoms with Crippen LogP contribution in [0.2, 0.25) is 0 Å². The summed E-state index contributed by atoms with van der Waals surface area (Å²) in [6.45, 7) is 0.847. The lowest BCUT2D eigenvalue weighted by Crippen LogP contribution is -2.23. The number of halogens is 1. The van der Waals surface area contributed by atoms with E-state index in [-0.39, 0.29) is 18.1 Å². The van der Waals surface area contributed by atoms with Crippen LogP contribution in [0.25, 0.3) is 0 Å². The van der Waals surface area contributed by atoms with E-state index in [0.717, 1.165) is 16.9 Å². The van der Waals surface area contributed by atoms with Crippen LogP contribution in [-0.2, 0) is 24.4 Å². The van der Waals surface area contributed by atoms with Gasteiger partial charge in [0.25, 0.3) is 0 Å². The van der Waals surface area contributed by atoms with Crippen molar-refractivity contribution in [1.82, 2.24) is 5.32 Å². The molecule has 3 aromatic rings. The second kappa shape index (κ2) is 9.53. The Hall–Kier alpha value is -3.14. The van der Waals surface area contributed by atoms with Crippen molar-refractivity contribution in [3.05, 3.63) is 101 Å². The number of nitrogens with one attached hydrogen (secondary N) is 1. The molecule has 0 radical (unpaired) electrons. The summed E-state index contributed by atoms with van der Waals surface area (Å²) >= 11 is 0. The van der Waals surface area contributed by atoms with Crippen molar-refractivity contribution in [1.29, 1.82) is 0 Å². The molecule has 0 bridgehead atoms. The first kappa shape index (κ1) is 18.6. The maximum absolute atomic E-state index is 13.6. The van der Waals surface area contributed by atoms with Crippen molar-refractivity contribution in [3.8, 4) is 5.75 Å². The molecule has 0 spiro atoms. The molecule has 0 fully saturated rings. The number of amides is 1. The minimum Gasteiger partial charge on any atom is -0.489 e. The number of carbonyl (C=O) groups is 1. The van der Waals surface area contributed by atoms with Crippen LogP contribution in [0.4, 0.5) is 4.39 Å². The molecule has 0 unspecified atom stereocenters. The minimum atomic E-state index is -0.273. The summed E-state index contributed by atoms with van der Waals surface area (Å²) in [6, 6.07) is 24.1. The first-order valence-corrected chi connectivity index (χ1v) is 8.97. The Bertz CT molecular complexity index is 880. The second-order valence-corrected chi connectivity index (χ2v) is 6.25. The van der Waals surface area contributed by atoms with Crippen LogP contribution in [0.3, 0.4) is 0 Å². The molecule has 0 aromatic heterocycles. The van der Waals surface area contributed by atoms with Gasteiger partial charge in [0, 0.05) is 18.5 Å². The number of benzene rings is 3. The number of aryl methyl sites for hydroxylation is 1. The summed E-state index contributed by atoms with van der Waals surface area (Å²) < 4.78 is 19.5. The van der Waals surface area contributed by atoms with E-state index in [2.05, 4.69) is 5.32 Å². The molecule has 3 nitrogen and oxygen atoms in total. The first-order valence-electron chi connectivity index (χ1n) is 8.97. The molecular weight excluding hydrogens is 341 g/mol. The molecule has 3 aromatic carbocycles. The van der Waals surface area contributed by atoms with Gasteiger partial charge < -0.3 is 10.1 Å². The van der Waals surface area contributed by atoms with Crippen LogP contribution in [0.5, 0.6) is 5.75 Å². The zero-order chi connectivity index (χ0) is 18.9. The highest BCUT2D eigenvalue weighted by Crippen LogP contribution is 2.19. The molecule has 1 N–H and O–H groups in total. The number of carbonyl (C=O) groups excluding carboxylic acids is 1. The highest BCUT2D eigenvalue weighted by Gasteiger charge is 2.08. The second-order valence-electron chi connectivity index (χ2n) is 6.25. The van der Waals surface area contributed by atoms with E-state index < -0.39 is 0 Å². The van der Waals surface area contributed by atoms with Crippen LogP contribution in [-0.4, -0.2) is 5.91 Å². The number of hydrogen-bond acceptors (Lipinski definition) is 2. The van der Waals surface area contributed by atoms with Crippen LogP contribution in [0.15, 0.2) is 78.9 Å². The SMILES string of the molecule is O=C(CCc1ccccc1F)NCc1ccccc1OCc1ccccc1. The average Bonchev–Trinajstić information content (AvgIpc) is 2.71. The highest BCUT2D eigenvalue weighted by molar-refractivity contribution is 5.76. The van der Waals surface area contributed by atoms with E-state index in [4.69, 9.17) is 4.74 Å². The first-order chi connectivity index (χ1) is 13.2.